The Labute approximate surface area is 183 Å². The molecule has 0 aliphatic heterocycles. The summed E-state index contributed by atoms with van der Waals surface area (Å²) in [4.78, 5) is 26.3. The van der Waals surface area contributed by atoms with Crippen LogP contribution in [0, 0.1) is 0 Å². The van der Waals surface area contributed by atoms with E-state index < -0.39 is 22.1 Å². The van der Waals surface area contributed by atoms with Gasteiger partial charge < -0.3 is 30.0 Å². The highest BCUT2D eigenvalue weighted by Crippen LogP contribution is 2.31. The van der Waals surface area contributed by atoms with Crippen LogP contribution >= 0.6 is 11.6 Å². The number of anilines is 2. The number of hydrogen-bond donors (Lipinski definition) is 3. The van der Waals surface area contributed by atoms with Crippen LogP contribution < -0.4 is 20.6 Å². The van der Waals surface area contributed by atoms with Gasteiger partial charge in [-0.2, -0.15) is 8.42 Å². The second-order valence-electron chi connectivity index (χ2n) is 5.78. The van der Waals surface area contributed by atoms with E-state index in [1.54, 1.807) is 0 Å². The average Bonchev–Trinajstić information content (AvgIpc) is 2.69. The highest BCUT2D eigenvalue weighted by atomic mass is 35.5. The lowest BCUT2D eigenvalue weighted by Crippen LogP contribution is -2.24. The molecule has 0 aliphatic carbocycles. The van der Waals surface area contributed by atoms with Gasteiger partial charge in [-0.3, -0.25) is 4.79 Å². The van der Waals surface area contributed by atoms with Gasteiger partial charge in [0.15, 0.2) is 5.75 Å². The third-order valence-electron chi connectivity index (χ3n) is 3.47. The summed E-state index contributed by atoms with van der Waals surface area (Å²) in [7, 11) is -1.85. The molecule has 0 aromatic heterocycles. The number of guanidine groups is 1. The van der Waals surface area contributed by atoms with Crippen molar-refractivity contribution in [2.45, 2.75) is 4.90 Å². The van der Waals surface area contributed by atoms with Gasteiger partial charge in [0.05, 0.1) is 12.8 Å². The third kappa shape index (κ3) is 7.13. The minimum atomic E-state index is -4.30. The van der Waals surface area contributed by atoms with Crippen molar-refractivity contribution in [3.05, 3.63) is 47.5 Å². The van der Waals surface area contributed by atoms with Gasteiger partial charge in [0, 0.05) is 23.9 Å². The van der Waals surface area contributed by atoms with E-state index in [2.05, 4.69) is 20.4 Å². The number of nitrogens with zero attached hydrogens (tertiary/aromatic N) is 1. The summed E-state index contributed by atoms with van der Waals surface area (Å²) < 4.78 is 39.7. The first-order chi connectivity index (χ1) is 14.6. The van der Waals surface area contributed by atoms with E-state index in [4.69, 9.17) is 26.3 Å². The number of hydrogen-bond acceptors (Lipinski definition) is 7. The van der Waals surface area contributed by atoms with Crippen LogP contribution in [0.4, 0.5) is 16.2 Å². The van der Waals surface area contributed by atoms with Gasteiger partial charge in [-0.15, -0.1) is 4.99 Å². The molecule has 2 rings (SSSR count). The number of carbonyl (C=O) groups is 2. The van der Waals surface area contributed by atoms with Gasteiger partial charge in [-0.05, 0) is 30.3 Å². The fourth-order valence-corrected chi connectivity index (χ4v) is 3.44. The number of halogens is 1. The fourth-order valence-electron chi connectivity index (χ4n) is 2.20. The summed E-state index contributed by atoms with van der Waals surface area (Å²) in [6, 6.07) is 9.51. The molecular weight excluding hydrogens is 452 g/mol. The number of nitrogens with two attached hydrogens (primary N) is 1. The highest BCUT2D eigenvalue weighted by molar-refractivity contribution is 7.87. The van der Waals surface area contributed by atoms with Crippen LogP contribution in [-0.4, -0.2) is 47.2 Å². The maximum Gasteiger partial charge on any atom is 0.436 e. The second kappa shape index (κ2) is 10.6. The lowest BCUT2D eigenvalue weighted by Gasteiger charge is -2.15. The topological polar surface area (TPSA) is 158 Å². The summed E-state index contributed by atoms with van der Waals surface area (Å²) in [5.41, 5.74) is 5.86. The Kier molecular flexibility index (Phi) is 8.19. The normalized spacial score (nSPS) is 11.5. The Balaban J connectivity index is 2.41. The fraction of sp³-hybridized carbons (Fsp3) is 0.167. The van der Waals surface area contributed by atoms with Crippen molar-refractivity contribution < 1.29 is 31.7 Å². The number of benzene rings is 2. The van der Waals surface area contributed by atoms with Crippen molar-refractivity contribution in [2.75, 3.05) is 31.5 Å². The molecule has 0 heterocycles. The van der Waals surface area contributed by atoms with E-state index in [0.29, 0.717) is 0 Å². The van der Waals surface area contributed by atoms with E-state index in [1.807, 2.05) is 0 Å². The van der Waals surface area contributed by atoms with Crippen LogP contribution in [0.2, 0.25) is 5.02 Å². The second-order valence-corrected chi connectivity index (χ2v) is 7.76. The average molecular weight is 471 g/mol. The van der Waals surface area contributed by atoms with Crippen molar-refractivity contribution in [1.82, 2.24) is 0 Å². The zero-order valence-corrected chi connectivity index (χ0v) is 18.0. The van der Waals surface area contributed by atoms with E-state index in [9.17, 15) is 18.0 Å². The molecule has 0 atom stereocenters. The number of carbonyl (C=O) groups excluding carboxylic acids is 2. The maximum absolute atomic E-state index is 12.7. The summed E-state index contributed by atoms with van der Waals surface area (Å²) >= 11 is 5.86. The molecule has 0 saturated carbocycles. The molecule has 0 saturated heterocycles. The molecule has 2 aromatic rings. The molecular formula is C18H19ClN4O7S. The first-order valence-electron chi connectivity index (χ1n) is 8.46. The zero-order valence-electron chi connectivity index (χ0n) is 16.4. The number of nitrogens with one attached hydrogen (secondary N) is 2. The number of aliphatic imine (C=N–C) groups is 1. The number of ether oxygens (including phenoxy) is 2. The van der Waals surface area contributed by atoms with Crippen LogP contribution in [0.15, 0.2) is 52.4 Å². The molecule has 11 nitrogen and oxygen atoms in total. The van der Waals surface area contributed by atoms with Crippen molar-refractivity contribution >= 4 is 51.1 Å². The number of amides is 2. The molecule has 0 bridgehead atoms. The van der Waals surface area contributed by atoms with Crippen LogP contribution in [0.3, 0.4) is 0 Å². The van der Waals surface area contributed by atoms with Crippen LogP contribution in [0.25, 0.3) is 0 Å². The summed E-state index contributed by atoms with van der Waals surface area (Å²) in [5, 5.41) is 5.25. The Hall–Kier alpha value is -3.35. The largest absolute Gasteiger partial charge is 0.451 e. The minimum absolute atomic E-state index is 0.0432. The molecule has 31 heavy (non-hydrogen) atoms. The lowest BCUT2D eigenvalue weighted by atomic mass is 10.2. The molecule has 0 aliphatic rings. The third-order valence-corrected chi connectivity index (χ3v) is 4.94. The molecule has 0 fully saturated rings. The van der Waals surface area contributed by atoms with E-state index in [0.717, 1.165) is 7.11 Å². The first-order valence-corrected chi connectivity index (χ1v) is 10.2. The molecule has 2 amide bonds. The molecule has 2 aromatic carbocycles. The molecule has 0 radical (unpaired) electrons. The molecule has 0 spiro atoms. The molecule has 0 unspecified atom stereocenters. The quantitative estimate of drug-likeness (QED) is 0.313. The Morgan fingerprint density at radius 1 is 1.13 bits per heavy atom. The van der Waals surface area contributed by atoms with Crippen LogP contribution in [0.5, 0.6) is 5.75 Å². The summed E-state index contributed by atoms with van der Waals surface area (Å²) in [6.07, 6.45) is -0.937. The predicted octanol–water partition coefficient (Wildman–Crippen LogP) is 2.19. The molecule has 13 heteroatoms. The van der Waals surface area contributed by atoms with Crippen molar-refractivity contribution in [3.8, 4) is 5.75 Å². The van der Waals surface area contributed by atoms with Crippen molar-refractivity contribution in [3.63, 3.8) is 0 Å². The van der Waals surface area contributed by atoms with Gasteiger partial charge in [0.2, 0.25) is 11.9 Å². The van der Waals surface area contributed by atoms with Gasteiger partial charge >= 0.3 is 16.2 Å². The maximum atomic E-state index is 12.7. The number of rotatable bonds is 7. The van der Waals surface area contributed by atoms with Gasteiger partial charge in [-0.1, -0.05) is 17.7 Å². The minimum Gasteiger partial charge on any atom is -0.451 e. The standard InChI is InChI=1S/C18H19ClN4O7S/c1-28-10-16(24)22-14-7-6-12(21-17(20)23-18(25)29-2)9-15(14)30-31(26,27)13-5-3-4-11(19)8-13/h3-9H,10H2,1-2H3,(H,22,24)(H3,20,21,23,25). The van der Waals surface area contributed by atoms with E-state index in [1.165, 1.54) is 49.6 Å². The highest BCUT2D eigenvalue weighted by Gasteiger charge is 2.20. The monoisotopic (exact) mass is 470 g/mol. The predicted molar refractivity (Wildman–Crippen MR) is 114 cm³/mol. The Bertz CT molecular complexity index is 1110. The SMILES string of the molecule is COCC(=O)Nc1ccc(NC(N)=NC(=O)OC)cc1OS(=O)(=O)c1cccc(Cl)c1. The zero-order chi connectivity index (χ0) is 23.0. The van der Waals surface area contributed by atoms with Crippen LogP contribution in [-0.2, 0) is 24.4 Å². The van der Waals surface area contributed by atoms with Gasteiger partial charge in [-0.25, -0.2) is 4.79 Å². The van der Waals surface area contributed by atoms with Crippen LogP contribution in [0.1, 0.15) is 0 Å². The van der Waals surface area contributed by atoms with Gasteiger partial charge in [0.25, 0.3) is 0 Å². The Morgan fingerprint density at radius 2 is 1.87 bits per heavy atom. The lowest BCUT2D eigenvalue weighted by molar-refractivity contribution is -0.119. The summed E-state index contributed by atoms with van der Waals surface area (Å²) in [5.74, 6) is -1.09. The van der Waals surface area contributed by atoms with E-state index in [-0.39, 0.29) is 39.6 Å². The first kappa shape index (κ1) is 23.9. The molecule has 4 N–H and O–H groups in total. The molecule has 166 valence electrons. The summed E-state index contributed by atoms with van der Waals surface area (Å²) in [6.45, 7) is -0.265. The van der Waals surface area contributed by atoms with Gasteiger partial charge in [0.1, 0.15) is 11.5 Å². The van der Waals surface area contributed by atoms with E-state index >= 15 is 0 Å². The number of methoxy groups -OCH3 is 2. The smallest absolute Gasteiger partial charge is 0.436 e. The Morgan fingerprint density at radius 3 is 2.52 bits per heavy atom. The van der Waals surface area contributed by atoms with Crippen molar-refractivity contribution in [1.29, 1.82) is 0 Å². The van der Waals surface area contributed by atoms with Crippen molar-refractivity contribution in [2.24, 2.45) is 10.7 Å².